The molecular weight excluding hydrogens is 321 g/mol. The van der Waals surface area contributed by atoms with E-state index in [9.17, 15) is 9.18 Å². The summed E-state index contributed by atoms with van der Waals surface area (Å²) in [5, 5.41) is 0.319. The number of aromatic nitrogens is 1. The average molecular weight is 331 g/mol. The lowest BCUT2D eigenvalue weighted by molar-refractivity contribution is 0.626. The van der Waals surface area contributed by atoms with Gasteiger partial charge in [0.1, 0.15) is 5.82 Å². The molecule has 0 N–H and O–H groups in total. The van der Waals surface area contributed by atoms with Crippen LogP contribution in [-0.4, -0.2) is 4.57 Å². The lowest BCUT2D eigenvalue weighted by Crippen LogP contribution is -2.22. The molecule has 1 aromatic heterocycles. The predicted octanol–water partition coefficient (Wildman–Crippen LogP) is 3.76. The first-order valence-corrected chi connectivity index (χ1v) is 6.45. The highest BCUT2D eigenvalue weighted by molar-refractivity contribution is 9.10. The monoisotopic (exact) mass is 329 g/mol. The van der Waals surface area contributed by atoms with E-state index in [0.29, 0.717) is 22.7 Å². The second kappa shape index (κ2) is 5.24. The lowest BCUT2D eigenvalue weighted by Gasteiger charge is -2.09. The zero-order chi connectivity index (χ0) is 13.3. The molecule has 0 atom stereocenters. The molecule has 18 heavy (non-hydrogen) atoms. The first kappa shape index (κ1) is 13.3. The highest BCUT2D eigenvalue weighted by Crippen LogP contribution is 2.18. The zero-order valence-corrected chi connectivity index (χ0v) is 11.9. The summed E-state index contributed by atoms with van der Waals surface area (Å²) in [6.07, 6.45) is 1.69. The summed E-state index contributed by atoms with van der Waals surface area (Å²) in [4.78, 5) is 11.9. The quantitative estimate of drug-likeness (QED) is 0.822. The Labute approximate surface area is 117 Å². The Morgan fingerprint density at radius 2 is 2.11 bits per heavy atom. The van der Waals surface area contributed by atoms with E-state index in [0.717, 1.165) is 4.47 Å². The number of benzene rings is 1. The average Bonchev–Trinajstić information content (AvgIpc) is 2.29. The predicted molar refractivity (Wildman–Crippen MR) is 73.7 cm³/mol. The Hall–Kier alpha value is -1.13. The van der Waals surface area contributed by atoms with E-state index in [1.807, 2.05) is 0 Å². The fourth-order valence-electron chi connectivity index (χ4n) is 1.69. The van der Waals surface area contributed by atoms with Crippen LogP contribution in [0.1, 0.15) is 11.1 Å². The second-order valence-corrected chi connectivity index (χ2v) is 5.33. The maximum Gasteiger partial charge on any atom is 0.253 e. The van der Waals surface area contributed by atoms with Crippen LogP contribution < -0.4 is 5.56 Å². The molecule has 1 aromatic carbocycles. The van der Waals surface area contributed by atoms with E-state index in [-0.39, 0.29) is 11.4 Å². The smallest absolute Gasteiger partial charge is 0.253 e. The van der Waals surface area contributed by atoms with Crippen LogP contribution in [0.4, 0.5) is 4.39 Å². The van der Waals surface area contributed by atoms with E-state index in [1.54, 1.807) is 29.8 Å². The topological polar surface area (TPSA) is 22.0 Å². The summed E-state index contributed by atoms with van der Waals surface area (Å²) in [6.45, 7) is 2.06. The van der Waals surface area contributed by atoms with E-state index in [4.69, 9.17) is 11.6 Å². The van der Waals surface area contributed by atoms with E-state index in [2.05, 4.69) is 15.9 Å². The maximum atomic E-state index is 12.9. The summed E-state index contributed by atoms with van der Waals surface area (Å²) in [5.41, 5.74) is 1.26. The molecule has 0 radical (unpaired) electrons. The molecule has 5 heteroatoms. The SMILES string of the molecule is Cc1cc(Br)cn(Cc2ccc(F)cc2Cl)c1=O. The Morgan fingerprint density at radius 3 is 2.78 bits per heavy atom. The van der Waals surface area contributed by atoms with Gasteiger partial charge in [0.2, 0.25) is 0 Å². The van der Waals surface area contributed by atoms with Crippen LogP contribution in [0, 0.1) is 12.7 Å². The molecule has 2 nitrogen and oxygen atoms in total. The van der Waals surface area contributed by atoms with Gasteiger partial charge in [-0.25, -0.2) is 4.39 Å². The van der Waals surface area contributed by atoms with Crippen molar-refractivity contribution in [2.45, 2.75) is 13.5 Å². The van der Waals surface area contributed by atoms with Crippen LogP contribution in [0.15, 0.2) is 39.7 Å². The minimum Gasteiger partial charge on any atom is -0.310 e. The Balaban J connectivity index is 2.43. The van der Waals surface area contributed by atoms with Crippen molar-refractivity contribution in [3.8, 4) is 0 Å². The van der Waals surface area contributed by atoms with Crippen molar-refractivity contribution in [2.24, 2.45) is 0 Å². The van der Waals surface area contributed by atoms with E-state index in [1.165, 1.54) is 12.1 Å². The molecule has 0 unspecified atom stereocenters. The minimum atomic E-state index is -0.387. The lowest BCUT2D eigenvalue weighted by atomic mass is 10.2. The van der Waals surface area contributed by atoms with Gasteiger partial charge in [0.05, 0.1) is 6.54 Å². The number of hydrogen-bond acceptors (Lipinski definition) is 1. The van der Waals surface area contributed by atoms with Gasteiger partial charge < -0.3 is 4.57 Å². The number of rotatable bonds is 2. The van der Waals surface area contributed by atoms with Crippen molar-refractivity contribution in [3.63, 3.8) is 0 Å². The van der Waals surface area contributed by atoms with E-state index < -0.39 is 0 Å². The Kier molecular flexibility index (Phi) is 3.88. The van der Waals surface area contributed by atoms with Crippen LogP contribution in [0.2, 0.25) is 5.02 Å². The fraction of sp³-hybridized carbons (Fsp3) is 0.154. The molecule has 94 valence electrons. The first-order chi connectivity index (χ1) is 8.47. The zero-order valence-electron chi connectivity index (χ0n) is 9.58. The molecular formula is C13H10BrClFNO. The summed E-state index contributed by atoms with van der Waals surface area (Å²) in [5.74, 6) is -0.387. The van der Waals surface area contributed by atoms with Crippen LogP contribution >= 0.6 is 27.5 Å². The van der Waals surface area contributed by atoms with Crippen molar-refractivity contribution in [1.82, 2.24) is 4.57 Å². The molecule has 2 aromatic rings. The van der Waals surface area contributed by atoms with Crippen molar-refractivity contribution in [3.05, 3.63) is 67.3 Å². The molecule has 0 saturated carbocycles. The number of nitrogens with zero attached hydrogens (tertiary/aromatic N) is 1. The molecule has 0 amide bonds. The third-order valence-corrected chi connectivity index (χ3v) is 3.37. The molecule has 0 spiro atoms. The van der Waals surface area contributed by atoms with Gasteiger partial charge in [-0.2, -0.15) is 0 Å². The summed E-state index contributed by atoms with van der Waals surface area (Å²) in [7, 11) is 0. The van der Waals surface area contributed by atoms with Gasteiger partial charge in [-0.15, -0.1) is 0 Å². The molecule has 0 aliphatic rings. The van der Waals surface area contributed by atoms with Gasteiger partial charge in [0.25, 0.3) is 5.56 Å². The van der Waals surface area contributed by atoms with Gasteiger partial charge in [-0.05, 0) is 46.6 Å². The van der Waals surface area contributed by atoms with Gasteiger partial charge in [0, 0.05) is 21.3 Å². The number of aryl methyl sites for hydroxylation is 1. The third-order valence-electron chi connectivity index (χ3n) is 2.59. The van der Waals surface area contributed by atoms with Crippen LogP contribution in [0.5, 0.6) is 0 Å². The maximum absolute atomic E-state index is 12.9. The van der Waals surface area contributed by atoms with Gasteiger partial charge >= 0.3 is 0 Å². The van der Waals surface area contributed by atoms with Crippen molar-refractivity contribution >= 4 is 27.5 Å². The number of halogens is 3. The summed E-state index contributed by atoms with van der Waals surface area (Å²) in [6, 6.07) is 5.91. The normalized spacial score (nSPS) is 10.7. The van der Waals surface area contributed by atoms with Crippen LogP contribution in [0.25, 0.3) is 0 Å². The van der Waals surface area contributed by atoms with E-state index >= 15 is 0 Å². The summed E-state index contributed by atoms with van der Waals surface area (Å²) < 4.78 is 15.3. The first-order valence-electron chi connectivity index (χ1n) is 5.28. The Bertz CT molecular complexity index is 654. The molecule has 0 fully saturated rings. The van der Waals surface area contributed by atoms with Gasteiger partial charge in [-0.3, -0.25) is 4.79 Å². The molecule has 2 rings (SSSR count). The van der Waals surface area contributed by atoms with Gasteiger partial charge in [-0.1, -0.05) is 17.7 Å². The number of pyridine rings is 1. The highest BCUT2D eigenvalue weighted by Gasteiger charge is 2.06. The van der Waals surface area contributed by atoms with Crippen LogP contribution in [0.3, 0.4) is 0 Å². The standard InChI is InChI=1S/C13H10BrClFNO/c1-8-4-10(14)7-17(13(8)18)6-9-2-3-11(16)5-12(9)15/h2-5,7H,6H2,1H3. The molecule has 1 heterocycles. The van der Waals surface area contributed by atoms with Crippen LogP contribution in [-0.2, 0) is 6.54 Å². The fourth-order valence-corrected chi connectivity index (χ4v) is 2.51. The minimum absolute atomic E-state index is 0.0846. The Morgan fingerprint density at radius 1 is 1.39 bits per heavy atom. The highest BCUT2D eigenvalue weighted by atomic mass is 79.9. The molecule has 0 aliphatic carbocycles. The van der Waals surface area contributed by atoms with Crippen molar-refractivity contribution in [2.75, 3.05) is 0 Å². The second-order valence-electron chi connectivity index (χ2n) is 4.01. The molecule has 0 aliphatic heterocycles. The van der Waals surface area contributed by atoms with Gasteiger partial charge in [0.15, 0.2) is 0 Å². The largest absolute Gasteiger partial charge is 0.310 e. The third kappa shape index (κ3) is 2.82. The van der Waals surface area contributed by atoms with Crippen molar-refractivity contribution < 1.29 is 4.39 Å². The number of hydrogen-bond donors (Lipinski definition) is 0. The summed E-state index contributed by atoms with van der Waals surface area (Å²) >= 11 is 9.28. The molecule has 0 saturated heterocycles. The molecule has 0 bridgehead atoms. The van der Waals surface area contributed by atoms with Crippen molar-refractivity contribution in [1.29, 1.82) is 0 Å².